The molecule has 0 saturated carbocycles. The number of hydrogen-bond acceptors (Lipinski definition) is 6. The van der Waals surface area contributed by atoms with Crippen LogP contribution in [0, 0.1) is 0 Å². The molecular weight excluding hydrogens is 280 g/mol. The summed E-state index contributed by atoms with van der Waals surface area (Å²) in [5.74, 6) is 1.79. The van der Waals surface area contributed by atoms with Crippen LogP contribution in [0.4, 0.5) is 11.8 Å². The van der Waals surface area contributed by atoms with Crippen molar-refractivity contribution in [3.8, 4) is 0 Å². The van der Waals surface area contributed by atoms with Gasteiger partial charge >= 0.3 is 0 Å². The van der Waals surface area contributed by atoms with Crippen LogP contribution in [0.5, 0.6) is 0 Å². The van der Waals surface area contributed by atoms with Crippen molar-refractivity contribution in [1.82, 2.24) is 19.5 Å². The Morgan fingerprint density at radius 1 is 1.27 bits per heavy atom. The second-order valence-corrected chi connectivity index (χ2v) is 5.99. The normalized spacial score (nSPS) is 20.4. The Hall–Kier alpha value is -1.89. The minimum Gasteiger partial charge on any atom is -0.382 e. The fourth-order valence-electron chi connectivity index (χ4n) is 3.15. The predicted octanol–water partition coefficient (Wildman–Crippen LogP) is 2.59. The van der Waals surface area contributed by atoms with Crippen LogP contribution in [0.2, 0.25) is 0 Å². The lowest BCUT2D eigenvalue weighted by molar-refractivity contribution is -0.0318. The number of nitrogens with zero attached hydrogens (tertiary/aromatic N) is 4. The maximum atomic E-state index is 6.00. The van der Waals surface area contributed by atoms with Crippen LogP contribution in [0.3, 0.4) is 0 Å². The van der Waals surface area contributed by atoms with Crippen molar-refractivity contribution in [3.63, 3.8) is 0 Å². The standard InChI is InChI=1S/C15H24N6O/c1-3-6-9(2)13-18-11-12(16)19-15(17)20-14(11)21(13)10-7-4-5-8-22-10/h9-10H,3-8H2,1-2H3,(H4,16,17,19,20)/t9-,10?/m1/s1. The third-order valence-electron chi connectivity index (χ3n) is 4.22. The summed E-state index contributed by atoms with van der Waals surface area (Å²) in [6.45, 7) is 5.12. The number of aromatic nitrogens is 4. The van der Waals surface area contributed by atoms with Gasteiger partial charge in [0.25, 0.3) is 0 Å². The van der Waals surface area contributed by atoms with Crippen LogP contribution in [-0.4, -0.2) is 26.1 Å². The van der Waals surface area contributed by atoms with E-state index in [1.54, 1.807) is 0 Å². The van der Waals surface area contributed by atoms with Crippen molar-refractivity contribution in [3.05, 3.63) is 5.82 Å². The number of nitrogens with two attached hydrogens (primary N) is 2. The second-order valence-electron chi connectivity index (χ2n) is 5.99. The average Bonchev–Trinajstić information content (AvgIpc) is 2.88. The molecule has 1 fully saturated rings. The zero-order valence-corrected chi connectivity index (χ0v) is 13.2. The topological polar surface area (TPSA) is 105 Å². The Balaban J connectivity index is 2.17. The third kappa shape index (κ3) is 2.61. The molecule has 3 rings (SSSR count). The number of fused-ring (bicyclic) bond motifs is 1. The largest absolute Gasteiger partial charge is 0.382 e. The van der Waals surface area contributed by atoms with E-state index in [4.69, 9.17) is 21.2 Å². The third-order valence-corrected chi connectivity index (χ3v) is 4.22. The van der Waals surface area contributed by atoms with E-state index in [2.05, 4.69) is 28.4 Å². The van der Waals surface area contributed by atoms with Crippen molar-refractivity contribution < 1.29 is 4.74 Å². The van der Waals surface area contributed by atoms with Gasteiger partial charge in [0, 0.05) is 12.5 Å². The minimum atomic E-state index is -0.0400. The van der Waals surface area contributed by atoms with Crippen molar-refractivity contribution >= 4 is 22.9 Å². The number of rotatable bonds is 4. The Labute approximate surface area is 130 Å². The van der Waals surface area contributed by atoms with E-state index in [9.17, 15) is 0 Å². The van der Waals surface area contributed by atoms with E-state index in [0.29, 0.717) is 22.9 Å². The lowest BCUT2D eigenvalue weighted by atomic mass is 10.1. The van der Waals surface area contributed by atoms with Gasteiger partial charge in [-0.05, 0) is 25.7 Å². The van der Waals surface area contributed by atoms with Crippen molar-refractivity contribution in [1.29, 1.82) is 0 Å². The quantitative estimate of drug-likeness (QED) is 0.899. The molecule has 0 aliphatic carbocycles. The first kappa shape index (κ1) is 15.0. The van der Waals surface area contributed by atoms with E-state index < -0.39 is 0 Å². The maximum absolute atomic E-state index is 6.00. The summed E-state index contributed by atoms with van der Waals surface area (Å²) < 4.78 is 8.05. The molecule has 7 nitrogen and oxygen atoms in total. The van der Waals surface area contributed by atoms with E-state index in [1.807, 2.05) is 0 Å². The summed E-state index contributed by atoms with van der Waals surface area (Å²) >= 11 is 0. The summed E-state index contributed by atoms with van der Waals surface area (Å²) in [7, 11) is 0. The molecule has 1 aliphatic heterocycles. The van der Waals surface area contributed by atoms with Gasteiger partial charge in [-0.3, -0.25) is 4.57 Å². The fraction of sp³-hybridized carbons (Fsp3) is 0.667. The fourth-order valence-corrected chi connectivity index (χ4v) is 3.15. The van der Waals surface area contributed by atoms with E-state index in [-0.39, 0.29) is 12.2 Å². The van der Waals surface area contributed by atoms with E-state index in [1.165, 1.54) is 0 Å². The van der Waals surface area contributed by atoms with Crippen LogP contribution in [0.15, 0.2) is 0 Å². The zero-order chi connectivity index (χ0) is 15.7. The highest BCUT2D eigenvalue weighted by atomic mass is 16.5. The molecule has 2 aromatic heterocycles. The molecule has 1 unspecified atom stereocenters. The highest BCUT2D eigenvalue weighted by Crippen LogP contribution is 2.33. The molecule has 1 aliphatic rings. The Morgan fingerprint density at radius 3 is 2.77 bits per heavy atom. The van der Waals surface area contributed by atoms with Gasteiger partial charge < -0.3 is 16.2 Å². The van der Waals surface area contributed by atoms with E-state index >= 15 is 0 Å². The summed E-state index contributed by atoms with van der Waals surface area (Å²) in [5.41, 5.74) is 13.1. The first-order valence-corrected chi connectivity index (χ1v) is 8.04. The molecule has 0 bridgehead atoms. The lowest BCUT2D eigenvalue weighted by Crippen LogP contribution is -2.21. The molecule has 0 amide bonds. The van der Waals surface area contributed by atoms with Gasteiger partial charge in [-0.2, -0.15) is 9.97 Å². The molecule has 2 atom stereocenters. The van der Waals surface area contributed by atoms with Crippen LogP contribution < -0.4 is 11.5 Å². The number of ether oxygens (including phenoxy) is 1. The minimum absolute atomic E-state index is 0.0400. The van der Waals surface area contributed by atoms with Gasteiger partial charge in [-0.1, -0.05) is 20.3 Å². The van der Waals surface area contributed by atoms with Crippen molar-refractivity contribution in [2.45, 2.75) is 58.1 Å². The summed E-state index contributed by atoms with van der Waals surface area (Å²) in [4.78, 5) is 13.1. The Morgan fingerprint density at radius 2 is 2.09 bits per heavy atom. The summed E-state index contributed by atoms with van der Waals surface area (Å²) in [6, 6.07) is 0. The first-order valence-electron chi connectivity index (χ1n) is 8.04. The van der Waals surface area contributed by atoms with Gasteiger partial charge in [0.2, 0.25) is 5.95 Å². The van der Waals surface area contributed by atoms with E-state index in [0.717, 1.165) is 44.5 Å². The Bertz CT molecular complexity index is 662. The molecule has 0 aromatic carbocycles. The molecule has 2 aromatic rings. The van der Waals surface area contributed by atoms with Crippen molar-refractivity contribution in [2.24, 2.45) is 0 Å². The number of anilines is 2. The smallest absolute Gasteiger partial charge is 0.224 e. The van der Waals surface area contributed by atoms with Crippen LogP contribution in [-0.2, 0) is 4.74 Å². The first-order chi connectivity index (χ1) is 10.6. The lowest BCUT2D eigenvalue weighted by Gasteiger charge is -2.26. The molecule has 1 saturated heterocycles. The monoisotopic (exact) mass is 304 g/mol. The van der Waals surface area contributed by atoms with Crippen molar-refractivity contribution in [2.75, 3.05) is 18.1 Å². The number of hydrogen-bond donors (Lipinski definition) is 2. The second kappa shape index (κ2) is 6.08. The van der Waals surface area contributed by atoms with Gasteiger partial charge in [-0.25, -0.2) is 4.98 Å². The Kier molecular flexibility index (Phi) is 4.15. The van der Waals surface area contributed by atoms with Gasteiger partial charge in [0.15, 0.2) is 17.0 Å². The highest BCUT2D eigenvalue weighted by molar-refractivity contribution is 5.83. The van der Waals surface area contributed by atoms with Crippen LogP contribution in [0.1, 0.15) is 63.9 Å². The summed E-state index contributed by atoms with van der Waals surface area (Å²) in [5, 5.41) is 0. The number of nitrogen functional groups attached to an aromatic ring is 2. The van der Waals surface area contributed by atoms with Gasteiger partial charge in [-0.15, -0.1) is 0 Å². The molecule has 4 N–H and O–H groups in total. The summed E-state index contributed by atoms with van der Waals surface area (Å²) in [6.07, 6.45) is 5.31. The molecule has 22 heavy (non-hydrogen) atoms. The molecule has 3 heterocycles. The van der Waals surface area contributed by atoms with Gasteiger partial charge in [0.1, 0.15) is 12.1 Å². The number of imidazole rings is 1. The average molecular weight is 304 g/mol. The zero-order valence-electron chi connectivity index (χ0n) is 13.2. The highest BCUT2D eigenvalue weighted by Gasteiger charge is 2.26. The van der Waals surface area contributed by atoms with Crippen LogP contribution >= 0.6 is 0 Å². The predicted molar refractivity (Wildman–Crippen MR) is 86.3 cm³/mol. The van der Waals surface area contributed by atoms with Gasteiger partial charge in [0.05, 0.1) is 0 Å². The van der Waals surface area contributed by atoms with Crippen LogP contribution in [0.25, 0.3) is 11.2 Å². The molecule has 7 heteroatoms. The maximum Gasteiger partial charge on any atom is 0.224 e. The molecule has 0 radical (unpaired) electrons. The molecule has 120 valence electrons. The molecule has 0 spiro atoms. The SMILES string of the molecule is CCC[C@@H](C)c1nc2c(N)nc(N)nc2n1C1CCCCO1. The molecular formula is C15H24N6O.